The first-order valence-corrected chi connectivity index (χ1v) is 16.8. The first-order valence-electron chi connectivity index (χ1n) is 16.8. The summed E-state index contributed by atoms with van der Waals surface area (Å²) in [5, 5.41) is 6.49. The summed E-state index contributed by atoms with van der Waals surface area (Å²) in [7, 11) is 0. The number of rotatable bonds is 6. The van der Waals surface area contributed by atoms with E-state index in [1.165, 1.54) is 0 Å². The van der Waals surface area contributed by atoms with E-state index in [4.69, 9.17) is 8.83 Å². The maximum atomic E-state index is 6.75. The van der Waals surface area contributed by atoms with Crippen LogP contribution in [0.1, 0.15) is 0 Å². The van der Waals surface area contributed by atoms with Gasteiger partial charge in [-0.3, -0.25) is 0 Å². The third-order valence-corrected chi connectivity index (χ3v) is 9.59. The third kappa shape index (κ3) is 4.54. The maximum absolute atomic E-state index is 6.75. The van der Waals surface area contributed by atoms with E-state index in [9.17, 15) is 0 Å². The quantitative estimate of drug-likeness (QED) is 0.181. The van der Waals surface area contributed by atoms with Crippen LogP contribution < -0.4 is 9.80 Å². The molecule has 4 heteroatoms. The molecule has 0 aliphatic heterocycles. The fourth-order valence-corrected chi connectivity index (χ4v) is 7.39. The van der Waals surface area contributed by atoms with Crippen LogP contribution in [0, 0.1) is 0 Å². The van der Waals surface area contributed by atoms with Gasteiger partial charge >= 0.3 is 0 Å². The molecule has 0 spiro atoms. The molecule has 0 bridgehead atoms. The van der Waals surface area contributed by atoms with Crippen molar-refractivity contribution in [2.75, 3.05) is 9.80 Å². The molecule has 0 atom stereocenters. The van der Waals surface area contributed by atoms with E-state index in [1.54, 1.807) is 0 Å². The summed E-state index contributed by atoms with van der Waals surface area (Å²) >= 11 is 0. The van der Waals surface area contributed by atoms with Gasteiger partial charge in [-0.05, 0) is 78.2 Å². The van der Waals surface area contributed by atoms with Crippen LogP contribution in [0.4, 0.5) is 34.1 Å². The second-order valence-electron chi connectivity index (χ2n) is 12.6. The van der Waals surface area contributed by atoms with Gasteiger partial charge in [0.15, 0.2) is 0 Å². The van der Waals surface area contributed by atoms with Crippen LogP contribution in [0.2, 0.25) is 0 Å². The minimum Gasteiger partial charge on any atom is -0.456 e. The molecular formula is C46H30N2O2. The predicted octanol–water partition coefficient (Wildman–Crippen LogP) is 13.6. The Kier molecular flexibility index (Phi) is 6.46. The van der Waals surface area contributed by atoms with Crippen molar-refractivity contribution in [1.82, 2.24) is 0 Å². The van der Waals surface area contributed by atoms with Gasteiger partial charge in [0.25, 0.3) is 0 Å². The summed E-state index contributed by atoms with van der Waals surface area (Å²) in [6, 6.07) is 63.4. The molecule has 0 fully saturated rings. The molecule has 8 aromatic carbocycles. The van der Waals surface area contributed by atoms with Crippen LogP contribution in [0.15, 0.2) is 191 Å². The predicted molar refractivity (Wildman–Crippen MR) is 208 cm³/mol. The zero-order valence-corrected chi connectivity index (χ0v) is 27.0. The molecule has 0 N–H and O–H groups in total. The molecular weight excluding hydrogens is 613 g/mol. The van der Waals surface area contributed by atoms with Crippen LogP contribution in [-0.2, 0) is 0 Å². The normalized spacial score (nSPS) is 11.6. The number of para-hydroxylation sites is 4. The van der Waals surface area contributed by atoms with E-state index in [0.29, 0.717) is 0 Å². The number of furan rings is 2. The summed E-state index contributed by atoms with van der Waals surface area (Å²) in [5.41, 5.74) is 9.78. The van der Waals surface area contributed by atoms with Crippen LogP contribution in [0.25, 0.3) is 54.6 Å². The number of nitrogens with zero attached hydrogens (tertiary/aromatic N) is 2. The van der Waals surface area contributed by atoms with Crippen molar-refractivity contribution in [3.8, 4) is 0 Å². The van der Waals surface area contributed by atoms with E-state index in [0.717, 1.165) is 88.8 Å². The highest BCUT2D eigenvalue weighted by Gasteiger charge is 2.22. The molecule has 0 saturated heterocycles. The summed E-state index contributed by atoms with van der Waals surface area (Å²) in [4.78, 5) is 4.56. The van der Waals surface area contributed by atoms with Gasteiger partial charge in [0.05, 0.1) is 5.69 Å². The fraction of sp³-hybridized carbons (Fsp3) is 0. The molecule has 4 nitrogen and oxygen atoms in total. The summed E-state index contributed by atoms with van der Waals surface area (Å²) in [6.07, 6.45) is 0. The summed E-state index contributed by atoms with van der Waals surface area (Å²) in [6.45, 7) is 0. The molecule has 50 heavy (non-hydrogen) atoms. The Morgan fingerprint density at radius 2 is 0.740 bits per heavy atom. The van der Waals surface area contributed by atoms with Crippen molar-refractivity contribution in [1.29, 1.82) is 0 Å². The SMILES string of the molecule is c1ccc(N(c2ccccc2)c2ccc3c(c2)oc2cc4c(cc23)oc2cc(N(c3ccccc3)c3ccccc3)c3ccccc3c24)cc1. The smallest absolute Gasteiger partial charge is 0.138 e. The minimum absolute atomic E-state index is 0.833. The molecule has 0 aliphatic rings. The van der Waals surface area contributed by atoms with E-state index in [-0.39, 0.29) is 0 Å². The first kappa shape index (κ1) is 28.3. The Bertz CT molecular complexity index is 2730. The Labute approximate surface area is 288 Å². The lowest BCUT2D eigenvalue weighted by Gasteiger charge is -2.26. The highest BCUT2D eigenvalue weighted by Crippen LogP contribution is 2.46. The van der Waals surface area contributed by atoms with Crippen molar-refractivity contribution in [3.05, 3.63) is 182 Å². The monoisotopic (exact) mass is 642 g/mol. The van der Waals surface area contributed by atoms with Crippen LogP contribution in [-0.4, -0.2) is 0 Å². The van der Waals surface area contributed by atoms with Gasteiger partial charge in [-0.2, -0.15) is 0 Å². The Morgan fingerprint density at radius 1 is 0.280 bits per heavy atom. The first-order chi connectivity index (χ1) is 24.8. The number of hydrogen-bond donors (Lipinski definition) is 0. The van der Waals surface area contributed by atoms with Crippen LogP contribution >= 0.6 is 0 Å². The highest BCUT2D eigenvalue weighted by molar-refractivity contribution is 6.24. The van der Waals surface area contributed by atoms with Crippen molar-refractivity contribution in [2.45, 2.75) is 0 Å². The lowest BCUT2D eigenvalue weighted by molar-refractivity contribution is 0.664. The number of benzene rings is 8. The van der Waals surface area contributed by atoms with Gasteiger partial charge in [0, 0.05) is 67.5 Å². The van der Waals surface area contributed by atoms with Crippen molar-refractivity contribution in [3.63, 3.8) is 0 Å². The summed E-state index contributed by atoms with van der Waals surface area (Å²) < 4.78 is 13.4. The Hall–Kier alpha value is -6.78. The molecule has 10 aromatic rings. The van der Waals surface area contributed by atoms with Crippen molar-refractivity contribution in [2.24, 2.45) is 0 Å². The lowest BCUT2D eigenvalue weighted by Crippen LogP contribution is -2.10. The average Bonchev–Trinajstić information content (AvgIpc) is 3.72. The Balaban J connectivity index is 1.16. The van der Waals surface area contributed by atoms with E-state index in [1.807, 2.05) is 12.1 Å². The number of hydrogen-bond acceptors (Lipinski definition) is 4. The molecule has 10 rings (SSSR count). The maximum Gasteiger partial charge on any atom is 0.138 e. The van der Waals surface area contributed by atoms with Crippen LogP contribution in [0.3, 0.4) is 0 Å². The van der Waals surface area contributed by atoms with E-state index < -0.39 is 0 Å². The minimum atomic E-state index is 0.833. The summed E-state index contributed by atoms with van der Waals surface area (Å²) in [5.74, 6) is 0. The highest BCUT2D eigenvalue weighted by atomic mass is 16.3. The van der Waals surface area contributed by atoms with Crippen molar-refractivity contribution < 1.29 is 8.83 Å². The molecule has 0 unspecified atom stereocenters. The van der Waals surface area contributed by atoms with Gasteiger partial charge in [-0.25, -0.2) is 0 Å². The van der Waals surface area contributed by atoms with Gasteiger partial charge < -0.3 is 18.6 Å². The molecule has 0 aliphatic carbocycles. The van der Waals surface area contributed by atoms with E-state index in [2.05, 4.69) is 180 Å². The fourth-order valence-electron chi connectivity index (χ4n) is 7.39. The molecule has 2 heterocycles. The lowest BCUT2D eigenvalue weighted by atomic mass is 10.00. The molecule has 0 amide bonds. The van der Waals surface area contributed by atoms with Gasteiger partial charge in [0.1, 0.15) is 22.3 Å². The molecule has 2 aromatic heterocycles. The zero-order chi connectivity index (χ0) is 33.0. The van der Waals surface area contributed by atoms with Gasteiger partial charge in [-0.15, -0.1) is 0 Å². The number of fused-ring (bicyclic) bond motifs is 8. The standard InChI is InChI=1S/C46H30N2O2/c1-5-15-31(16-6-1)47(32-17-7-2-8-18-32)35-25-26-37-39-28-44-40(29-43(39)49-42(37)27-35)46-38-24-14-13-23-36(38)41(30-45(46)50-44)48(33-19-9-3-10-20-33)34-21-11-4-12-22-34/h1-30H. The average molecular weight is 643 g/mol. The van der Waals surface area contributed by atoms with Crippen molar-refractivity contribution >= 4 is 88.8 Å². The third-order valence-electron chi connectivity index (χ3n) is 9.59. The topological polar surface area (TPSA) is 32.8 Å². The molecule has 0 saturated carbocycles. The van der Waals surface area contributed by atoms with E-state index >= 15 is 0 Å². The molecule has 0 radical (unpaired) electrons. The van der Waals surface area contributed by atoms with Gasteiger partial charge in [0.2, 0.25) is 0 Å². The van der Waals surface area contributed by atoms with Crippen LogP contribution in [0.5, 0.6) is 0 Å². The number of anilines is 6. The van der Waals surface area contributed by atoms with Gasteiger partial charge in [-0.1, -0.05) is 97.1 Å². The Morgan fingerprint density at radius 3 is 1.34 bits per heavy atom. The zero-order valence-electron chi connectivity index (χ0n) is 27.0. The second-order valence-corrected chi connectivity index (χ2v) is 12.6. The second kappa shape index (κ2) is 11.4. The molecule has 236 valence electrons. The largest absolute Gasteiger partial charge is 0.456 e.